The summed E-state index contributed by atoms with van der Waals surface area (Å²) in [5.41, 5.74) is 12.8. The first-order chi connectivity index (χ1) is 9.77. The van der Waals surface area contributed by atoms with Crippen LogP contribution in [0.2, 0.25) is 5.02 Å². The molecule has 0 radical (unpaired) electrons. The zero-order valence-electron chi connectivity index (χ0n) is 11.5. The summed E-state index contributed by atoms with van der Waals surface area (Å²) < 4.78 is 26.2. The number of aliphatic imine (C=N–C) groups is 2. The van der Waals surface area contributed by atoms with Gasteiger partial charge in [-0.15, -0.1) is 0 Å². The van der Waals surface area contributed by atoms with Crippen LogP contribution in [-0.2, 0) is 0 Å². The Morgan fingerprint density at radius 2 is 2.10 bits per heavy atom. The van der Waals surface area contributed by atoms with Crippen molar-refractivity contribution >= 4 is 29.2 Å². The standard InChI is InChI=1S/C13H16ClF2N5/c1-8-2-3-9(6-10(8)14)19-11(17)20-12(18)21-5-4-13(15,16)7-21/h2-3,6H,4-5,7H2,1H3,(H4,17,18,19,20). The first-order valence-corrected chi connectivity index (χ1v) is 6.72. The Morgan fingerprint density at radius 3 is 2.67 bits per heavy atom. The SMILES string of the molecule is Cc1ccc(N=C(N)N=C(N)N2CCC(F)(F)C2)cc1Cl. The lowest BCUT2D eigenvalue weighted by molar-refractivity contribution is 0.0175. The molecule has 1 aliphatic rings. The van der Waals surface area contributed by atoms with E-state index in [-0.39, 0.29) is 24.9 Å². The molecular weight excluding hydrogens is 300 g/mol. The predicted molar refractivity (Wildman–Crippen MR) is 80.2 cm³/mol. The molecule has 0 spiro atoms. The Kier molecular flexibility index (Phi) is 4.32. The van der Waals surface area contributed by atoms with Crippen molar-refractivity contribution in [1.29, 1.82) is 0 Å². The number of likely N-dealkylation sites (tertiary alicyclic amines) is 1. The fourth-order valence-corrected chi connectivity index (χ4v) is 2.10. The number of hydrogen-bond acceptors (Lipinski definition) is 1. The molecule has 0 amide bonds. The van der Waals surface area contributed by atoms with Crippen LogP contribution in [0.15, 0.2) is 28.2 Å². The lowest BCUT2D eigenvalue weighted by atomic mass is 10.2. The molecule has 0 saturated carbocycles. The predicted octanol–water partition coefficient (Wildman–Crippen LogP) is 2.25. The van der Waals surface area contributed by atoms with Crippen molar-refractivity contribution in [3.63, 3.8) is 0 Å². The van der Waals surface area contributed by atoms with Crippen molar-refractivity contribution < 1.29 is 8.78 Å². The second-order valence-electron chi connectivity index (χ2n) is 4.90. The van der Waals surface area contributed by atoms with Crippen molar-refractivity contribution in [3.05, 3.63) is 28.8 Å². The number of aryl methyl sites for hydroxylation is 1. The second-order valence-corrected chi connectivity index (χ2v) is 5.31. The fourth-order valence-electron chi connectivity index (χ4n) is 1.93. The van der Waals surface area contributed by atoms with Crippen LogP contribution < -0.4 is 11.5 Å². The van der Waals surface area contributed by atoms with Gasteiger partial charge in [0.25, 0.3) is 5.92 Å². The van der Waals surface area contributed by atoms with Gasteiger partial charge >= 0.3 is 0 Å². The highest BCUT2D eigenvalue weighted by atomic mass is 35.5. The molecule has 1 heterocycles. The summed E-state index contributed by atoms with van der Waals surface area (Å²) >= 11 is 5.98. The maximum Gasteiger partial charge on any atom is 0.267 e. The minimum atomic E-state index is -2.74. The third kappa shape index (κ3) is 4.04. The van der Waals surface area contributed by atoms with Gasteiger partial charge in [-0.3, -0.25) is 0 Å². The third-order valence-electron chi connectivity index (χ3n) is 3.12. The van der Waals surface area contributed by atoms with E-state index in [1.807, 2.05) is 6.92 Å². The van der Waals surface area contributed by atoms with E-state index in [1.165, 1.54) is 4.90 Å². The Hall–Kier alpha value is -1.89. The number of hydrogen-bond donors (Lipinski definition) is 2. The molecule has 4 N–H and O–H groups in total. The van der Waals surface area contributed by atoms with Gasteiger partial charge in [0.05, 0.1) is 12.2 Å². The topological polar surface area (TPSA) is 80.0 Å². The second kappa shape index (κ2) is 5.85. The summed E-state index contributed by atoms with van der Waals surface area (Å²) in [7, 11) is 0. The van der Waals surface area contributed by atoms with E-state index < -0.39 is 12.5 Å². The van der Waals surface area contributed by atoms with E-state index in [9.17, 15) is 8.78 Å². The van der Waals surface area contributed by atoms with Crippen molar-refractivity contribution in [2.75, 3.05) is 13.1 Å². The number of nitrogens with zero attached hydrogens (tertiary/aromatic N) is 3. The molecule has 5 nitrogen and oxygen atoms in total. The maximum absolute atomic E-state index is 13.1. The molecule has 1 fully saturated rings. The number of guanidine groups is 2. The van der Waals surface area contributed by atoms with E-state index in [4.69, 9.17) is 23.1 Å². The zero-order valence-corrected chi connectivity index (χ0v) is 12.2. The molecule has 0 bridgehead atoms. The van der Waals surface area contributed by atoms with Gasteiger partial charge < -0.3 is 16.4 Å². The normalized spacial score (nSPS) is 19.1. The molecule has 1 aromatic rings. The summed E-state index contributed by atoms with van der Waals surface area (Å²) in [5.74, 6) is -2.91. The number of rotatable bonds is 1. The molecule has 1 aromatic carbocycles. The van der Waals surface area contributed by atoms with E-state index in [1.54, 1.807) is 18.2 Å². The smallest absolute Gasteiger partial charge is 0.267 e. The lowest BCUT2D eigenvalue weighted by Gasteiger charge is -2.16. The molecule has 114 valence electrons. The average molecular weight is 316 g/mol. The van der Waals surface area contributed by atoms with E-state index in [0.717, 1.165) is 5.56 Å². The van der Waals surface area contributed by atoms with Gasteiger partial charge in [-0.25, -0.2) is 13.8 Å². The largest absolute Gasteiger partial charge is 0.369 e. The Bertz CT molecular complexity index is 600. The molecule has 21 heavy (non-hydrogen) atoms. The molecule has 0 aromatic heterocycles. The fraction of sp³-hybridized carbons (Fsp3) is 0.385. The molecule has 0 unspecified atom stereocenters. The third-order valence-corrected chi connectivity index (χ3v) is 3.53. The van der Waals surface area contributed by atoms with Crippen LogP contribution in [0, 0.1) is 6.92 Å². The molecule has 8 heteroatoms. The maximum atomic E-state index is 13.1. The van der Waals surface area contributed by atoms with Crippen LogP contribution >= 0.6 is 11.6 Å². The monoisotopic (exact) mass is 315 g/mol. The highest BCUT2D eigenvalue weighted by Crippen LogP contribution is 2.26. The van der Waals surface area contributed by atoms with Crippen molar-refractivity contribution in [3.8, 4) is 0 Å². The Morgan fingerprint density at radius 1 is 1.38 bits per heavy atom. The van der Waals surface area contributed by atoms with E-state index in [2.05, 4.69) is 9.98 Å². The van der Waals surface area contributed by atoms with Crippen LogP contribution in [0.4, 0.5) is 14.5 Å². The first-order valence-electron chi connectivity index (χ1n) is 6.34. The average Bonchev–Trinajstić information content (AvgIpc) is 2.74. The van der Waals surface area contributed by atoms with Gasteiger partial charge in [-0.05, 0) is 24.6 Å². The quantitative estimate of drug-likeness (QED) is 0.616. The van der Waals surface area contributed by atoms with Crippen LogP contribution in [0.25, 0.3) is 0 Å². The zero-order chi connectivity index (χ0) is 15.6. The van der Waals surface area contributed by atoms with Crippen LogP contribution in [0.3, 0.4) is 0 Å². The minimum absolute atomic E-state index is 0.0633. The summed E-state index contributed by atoms with van der Waals surface area (Å²) in [4.78, 5) is 9.16. The molecule has 1 aliphatic heterocycles. The minimum Gasteiger partial charge on any atom is -0.369 e. The van der Waals surface area contributed by atoms with Crippen LogP contribution in [0.5, 0.6) is 0 Å². The number of benzene rings is 1. The van der Waals surface area contributed by atoms with Crippen molar-refractivity contribution in [2.45, 2.75) is 19.3 Å². The van der Waals surface area contributed by atoms with Gasteiger partial charge in [0, 0.05) is 18.0 Å². The number of alkyl halides is 2. The molecule has 0 atom stereocenters. The summed E-state index contributed by atoms with van der Waals surface area (Å²) in [5, 5.41) is 0.556. The molecule has 0 aliphatic carbocycles. The summed E-state index contributed by atoms with van der Waals surface area (Å²) in [6.07, 6.45) is -0.242. The van der Waals surface area contributed by atoms with Gasteiger partial charge in [0.2, 0.25) is 5.96 Å². The molecular formula is C13H16ClF2N5. The van der Waals surface area contributed by atoms with Crippen LogP contribution in [-0.4, -0.2) is 35.8 Å². The highest BCUT2D eigenvalue weighted by Gasteiger charge is 2.39. The van der Waals surface area contributed by atoms with Gasteiger partial charge in [-0.1, -0.05) is 17.7 Å². The van der Waals surface area contributed by atoms with Gasteiger partial charge in [-0.2, -0.15) is 4.99 Å². The Labute approximate surface area is 126 Å². The number of nitrogens with two attached hydrogens (primary N) is 2. The van der Waals surface area contributed by atoms with E-state index >= 15 is 0 Å². The molecule has 2 rings (SSSR count). The lowest BCUT2D eigenvalue weighted by Crippen LogP contribution is -2.38. The summed E-state index contributed by atoms with van der Waals surface area (Å²) in [6, 6.07) is 5.16. The van der Waals surface area contributed by atoms with E-state index in [0.29, 0.717) is 10.7 Å². The first kappa shape index (κ1) is 15.5. The van der Waals surface area contributed by atoms with Crippen LogP contribution in [0.1, 0.15) is 12.0 Å². The molecule has 1 saturated heterocycles. The van der Waals surface area contributed by atoms with Gasteiger partial charge in [0.1, 0.15) is 0 Å². The number of halogens is 3. The van der Waals surface area contributed by atoms with Crippen molar-refractivity contribution in [1.82, 2.24) is 4.90 Å². The Balaban J connectivity index is 2.12. The summed E-state index contributed by atoms with van der Waals surface area (Å²) in [6.45, 7) is 1.56. The highest BCUT2D eigenvalue weighted by molar-refractivity contribution is 6.31. The van der Waals surface area contributed by atoms with Crippen molar-refractivity contribution in [2.24, 2.45) is 21.5 Å². The van der Waals surface area contributed by atoms with Gasteiger partial charge in [0.15, 0.2) is 5.96 Å².